The minimum Gasteiger partial charge on any atom is -0.315 e. The molecule has 0 aromatic rings. The van der Waals surface area contributed by atoms with E-state index in [2.05, 4.69) is 26.1 Å². The number of unbranched alkanes of at least 4 members (excludes halogenated alkanes) is 3. The normalized spacial score (nSPS) is 10.8. The maximum absolute atomic E-state index is 3.40. The summed E-state index contributed by atoms with van der Waals surface area (Å²) >= 11 is 0. The Labute approximate surface area is 65.2 Å². The Kier molecular flexibility index (Phi) is 7.04. The van der Waals surface area contributed by atoms with Gasteiger partial charge in [-0.15, -0.1) is 0 Å². The van der Waals surface area contributed by atoms with Crippen LogP contribution in [-0.2, 0) is 0 Å². The molecule has 0 fully saturated rings. The molecule has 0 saturated carbocycles. The van der Waals surface area contributed by atoms with Crippen LogP contribution in [0.3, 0.4) is 0 Å². The molecule has 1 N–H and O–H groups in total. The Morgan fingerprint density at radius 1 is 1.10 bits per heavy atom. The van der Waals surface area contributed by atoms with Gasteiger partial charge in [0.15, 0.2) is 0 Å². The molecule has 0 radical (unpaired) electrons. The van der Waals surface area contributed by atoms with Gasteiger partial charge in [-0.2, -0.15) is 0 Å². The topological polar surface area (TPSA) is 12.0 Å². The number of hydrogen-bond donors (Lipinski definition) is 1. The van der Waals surface area contributed by atoms with Gasteiger partial charge in [0.1, 0.15) is 0 Å². The van der Waals surface area contributed by atoms with Crippen LogP contribution in [0.2, 0.25) is 0 Å². The van der Waals surface area contributed by atoms with E-state index >= 15 is 0 Å². The SMILES string of the molecule is CCCCCCNC(C)C. The first-order chi connectivity index (χ1) is 4.77. The van der Waals surface area contributed by atoms with Crippen LogP contribution in [0.1, 0.15) is 46.5 Å². The largest absolute Gasteiger partial charge is 0.315 e. The zero-order valence-electron chi connectivity index (χ0n) is 7.61. The standard InChI is InChI=1S/C9H21N/c1-4-5-6-7-8-10-9(2)3/h9-10H,4-8H2,1-3H3. The molecule has 0 aromatic heterocycles. The average molecular weight is 143 g/mol. The van der Waals surface area contributed by atoms with E-state index in [9.17, 15) is 0 Å². The lowest BCUT2D eigenvalue weighted by atomic mass is 10.2. The zero-order valence-corrected chi connectivity index (χ0v) is 7.61. The monoisotopic (exact) mass is 143 g/mol. The van der Waals surface area contributed by atoms with Gasteiger partial charge >= 0.3 is 0 Å². The fraction of sp³-hybridized carbons (Fsp3) is 1.00. The quantitative estimate of drug-likeness (QED) is 0.563. The van der Waals surface area contributed by atoms with Crippen LogP contribution in [0.5, 0.6) is 0 Å². The summed E-state index contributed by atoms with van der Waals surface area (Å²) < 4.78 is 0. The van der Waals surface area contributed by atoms with Crippen molar-refractivity contribution in [2.45, 2.75) is 52.5 Å². The molecular weight excluding hydrogens is 122 g/mol. The van der Waals surface area contributed by atoms with Crippen LogP contribution in [0, 0.1) is 0 Å². The molecule has 1 heteroatoms. The molecule has 0 unspecified atom stereocenters. The summed E-state index contributed by atoms with van der Waals surface area (Å²) in [4.78, 5) is 0. The van der Waals surface area contributed by atoms with Crippen molar-refractivity contribution in [3.05, 3.63) is 0 Å². The fourth-order valence-electron chi connectivity index (χ4n) is 0.943. The van der Waals surface area contributed by atoms with Gasteiger partial charge in [-0.25, -0.2) is 0 Å². The van der Waals surface area contributed by atoms with Gasteiger partial charge < -0.3 is 5.32 Å². The Hall–Kier alpha value is -0.0400. The number of hydrogen-bond acceptors (Lipinski definition) is 1. The Morgan fingerprint density at radius 3 is 2.30 bits per heavy atom. The summed E-state index contributed by atoms with van der Waals surface area (Å²) in [6.45, 7) is 7.83. The van der Waals surface area contributed by atoms with Crippen LogP contribution in [0.15, 0.2) is 0 Å². The summed E-state index contributed by atoms with van der Waals surface area (Å²) in [6, 6.07) is 0.654. The molecule has 0 heterocycles. The molecule has 0 rings (SSSR count). The highest BCUT2D eigenvalue weighted by Crippen LogP contribution is 1.97. The van der Waals surface area contributed by atoms with Gasteiger partial charge in [0, 0.05) is 6.04 Å². The molecule has 1 nitrogen and oxygen atoms in total. The van der Waals surface area contributed by atoms with Gasteiger partial charge in [-0.3, -0.25) is 0 Å². The molecule has 0 aromatic carbocycles. The van der Waals surface area contributed by atoms with E-state index in [1.54, 1.807) is 0 Å². The van der Waals surface area contributed by atoms with Crippen molar-refractivity contribution in [1.82, 2.24) is 5.32 Å². The molecule has 0 bridgehead atoms. The van der Waals surface area contributed by atoms with Gasteiger partial charge in [0.25, 0.3) is 0 Å². The molecule has 62 valence electrons. The van der Waals surface area contributed by atoms with Crippen molar-refractivity contribution >= 4 is 0 Å². The first-order valence-corrected chi connectivity index (χ1v) is 4.50. The lowest BCUT2D eigenvalue weighted by molar-refractivity contribution is 0.546. The van der Waals surface area contributed by atoms with Gasteiger partial charge in [-0.05, 0) is 13.0 Å². The van der Waals surface area contributed by atoms with E-state index < -0.39 is 0 Å². The molecule has 0 aliphatic rings. The molecule has 0 aliphatic carbocycles. The molecule has 0 saturated heterocycles. The second-order valence-corrected chi connectivity index (χ2v) is 3.17. The molecule has 0 atom stereocenters. The molecule has 10 heavy (non-hydrogen) atoms. The Balaban J connectivity index is 2.77. The van der Waals surface area contributed by atoms with Crippen molar-refractivity contribution in [1.29, 1.82) is 0 Å². The van der Waals surface area contributed by atoms with E-state index in [-0.39, 0.29) is 0 Å². The third-order valence-corrected chi connectivity index (χ3v) is 1.58. The van der Waals surface area contributed by atoms with E-state index in [1.165, 1.54) is 32.2 Å². The summed E-state index contributed by atoms with van der Waals surface area (Å²) in [5, 5.41) is 3.40. The van der Waals surface area contributed by atoms with Crippen molar-refractivity contribution in [3.63, 3.8) is 0 Å². The van der Waals surface area contributed by atoms with Crippen molar-refractivity contribution in [2.75, 3.05) is 6.54 Å². The molecular formula is C9H21N. The van der Waals surface area contributed by atoms with Crippen LogP contribution in [-0.4, -0.2) is 12.6 Å². The van der Waals surface area contributed by atoms with E-state index in [1.807, 2.05) is 0 Å². The zero-order chi connectivity index (χ0) is 7.82. The van der Waals surface area contributed by atoms with E-state index in [0.29, 0.717) is 6.04 Å². The second-order valence-electron chi connectivity index (χ2n) is 3.17. The van der Waals surface area contributed by atoms with Crippen LogP contribution in [0.25, 0.3) is 0 Å². The second kappa shape index (κ2) is 7.07. The predicted molar refractivity (Wildman–Crippen MR) is 47.3 cm³/mol. The highest BCUT2D eigenvalue weighted by atomic mass is 14.9. The van der Waals surface area contributed by atoms with Crippen molar-refractivity contribution in [3.8, 4) is 0 Å². The van der Waals surface area contributed by atoms with Gasteiger partial charge in [-0.1, -0.05) is 40.0 Å². The minimum absolute atomic E-state index is 0.654. The van der Waals surface area contributed by atoms with E-state index in [0.717, 1.165) is 0 Å². The average Bonchev–Trinajstić information content (AvgIpc) is 1.87. The first kappa shape index (κ1) is 9.96. The Bertz CT molecular complexity index is 59.7. The maximum atomic E-state index is 3.40. The molecule has 0 aliphatic heterocycles. The lowest BCUT2D eigenvalue weighted by Crippen LogP contribution is -2.23. The van der Waals surface area contributed by atoms with Crippen molar-refractivity contribution in [2.24, 2.45) is 0 Å². The fourth-order valence-corrected chi connectivity index (χ4v) is 0.943. The van der Waals surface area contributed by atoms with Gasteiger partial charge in [0.05, 0.1) is 0 Å². The summed E-state index contributed by atoms with van der Waals surface area (Å²) in [7, 11) is 0. The highest BCUT2D eigenvalue weighted by molar-refractivity contribution is 4.52. The van der Waals surface area contributed by atoms with E-state index in [4.69, 9.17) is 0 Å². The van der Waals surface area contributed by atoms with Crippen LogP contribution in [0.4, 0.5) is 0 Å². The maximum Gasteiger partial charge on any atom is 0.00103 e. The van der Waals surface area contributed by atoms with Crippen LogP contribution >= 0.6 is 0 Å². The number of rotatable bonds is 6. The predicted octanol–water partition coefficient (Wildman–Crippen LogP) is 2.56. The molecule has 0 spiro atoms. The first-order valence-electron chi connectivity index (χ1n) is 4.50. The highest BCUT2D eigenvalue weighted by Gasteiger charge is 1.90. The summed E-state index contributed by atoms with van der Waals surface area (Å²) in [5.41, 5.74) is 0. The third-order valence-electron chi connectivity index (χ3n) is 1.58. The smallest absolute Gasteiger partial charge is 0.00103 e. The van der Waals surface area contributed by atoms with Crippen molar-refractivity contribution < 1.29 is 0 Å². The third kappa shape index (κ3) is 7.96. The lowest BCUT2D eigenvalue weighted by Gasteiger charge is -2.06. The van der Waals surface area contributed by atoms with Crippen LogP contribution < -0.4 is 5.32 Å². The summed E-state index contributed by atoms with van der Waals surface area (Å²) in [6.07, 6.45) is 5.45. The Morgan fingerprint density at radius 2 is 1.80 bits per heavy atom. The minimum atomic E-state index is 0.654. The summed E-state index contributed by atoms with van der Waals surface area (Å²) in [5.74, 6) is 0. The number of nitrogens with one attached hydrogen (secondary N) is 1. The molecule has 0 amide bonds. The van der Waals surface area contributed by atoms with Gasteiger partial charge in [0.2, 0.25) is 0 Å².